The minimum absolute atomic E-state index is 0. The second-order valence-electron chi connectivity index (χ2n) is 14.7. The fourth-order valence-corrected chi connectivity index (χ4v) is 6.56. The van der Waals surface area contributed by atoms with Gasteiger partial charge in [0.25, 0.3) is 5.91 Å². The smallest absolute Gasteiger partial charge is 0.435 e. The van der Waals surface area contributed by atoms with E-state index in [-0.39, 0.29) is 74.0 Å². The molecule has 0 radical (unpaired) electrons. The van der Waals surface area contributed by atoms with Crippen molar-refractivity contribution in [1.29, 1.82) is 0 Å². The molecule has 1 atom stereocenters. The second kappa shape index (κ2) is 16.1. The van der Waals surface area contributed by atoms with Crippen LogP contribution < -0.4 is 23.5 Å². The van der Waals surface area contributed by atoms with Gasteiger partial charge in [0.2, 0.25) is 0 Å². The number of carbonyl (C=O) groups is 4. The van der Waals surface area contributed by atoms with Gasteiger partial charge in [-0.05, 0) is 55.7 Å². The van der Waals surface area contributed by atoms with Crippen molar-refractivity contribution < 1.29 is 63.5 Å². The summed E-state index contributed by atoms with van der Waals surface area (Å²) in [6.45, 7) is 5.66. The van der Waals surface area contributed by atoms with Gasteiger partial charge in [-0.25, -0.2) is 4.68 Å². The highest BCUT2D eigenvalue weighted by atomic mass is 35.5. The lowest BCUT2D eigenvalue weighted by molar-refractivity contribution is -0.873. The van der Waals surface area contributed by atoms with E-state index in [9.17, 15) is 32.3 Å². The summed E-state index contributed by atoms with van der Waals surface area (Å²) in [6, 6.07) is 4.39. The van der Waals surface area contributed by atoms with Crippen LogP contribution in [0.2, 0.25) is 0 Å². The first-order valence-electron chi connectivity index (χ1n) is 16.4. The summed E-state index contributed by atoms with van der Waals surface area (Å²) >= 11 is 0. The number of anilines is 1. The Morgan fingerprint density at radius 2 is 1.76 bits per heavy atom. The van der Waals surface area contributed by atoms with Gasteiger partial charge in [0, 0.05) is 25.1 Å². The van der Waals surface area contributed by atoms with Crippen molar-refractivity contribution in [2.24, 2.45) is 11.1 Å². The molecule has 1 heterocycles. The lowest BCUT2D eigenvalue weighted by Gasteiger charge is -2.31. The van der Waals surface area contributed by atoms with Crippen LogP contribution in [-0.4, -0.2) is 97.0 Å². The third-order valence-electron chi connectivity index (χ3n) is 8.54. The van der Waals surface area contributed by atoms with Gasteiger partial charge >= 0.3 is 18.1 Å². The van der Waals surface area contributed by atoms with E-state index in [0.29, 0.717) is 42.4 Å². The van der Waals surface area contributed by atoms with Crippen LogP contribution in [0.25, 0.3) is 5.69 Å². The zero-order valence-electron chi connectivity index (χ0n) is 29.3. The predicted molar refractivity (Wildman–Crippen MR) is 173 cm³/mol. The minimum Gasteiger partial charge on any atom is -1.00 e. The molecular formula is C34H47ClF3N5O7. The number of fused-ring (bicyclic) bond motifs is 1. The van der Waals surface area contributed by atoms with E-state index in [1.54, 1.807) is 6.07 Å². The second-order valence-corrected chi connectivity index (χ2v) is 14.7. The molecule has 1 saturated carbocycles. The number of benzene rings is 1. The Morgan fingerprint density at radius 1 is 1.10 bits per heavy atom. The monoisotopic (exact) mass is 729 g/mol. The molecule has 278 valence electrons. The zero-order chi connectivity index (χ0) is 36.3. The Morgan fingerprint density at radius 3 is 2.34 bits per heavy atom. The summed E-state index contributed by atoms with van der Waals surface area (Å²) in [4.78, 5) is 49.0. The van der Waals surface area contributed by atoms with Crippen LogP contribution in [0.3, 0.4) is 0 Å². The molecular weight excluding hydrogens is 683 g/mol. The molecule has 0 aliphatic heterocycles. The maximum atomic E-state index is 14.0. The van der Waals surface area contributed by atoms with E-state index < -0.39 is 52.6 Å². The molecule has 1 amide bonds. The summed E-state index contributed by atoms with van der Waals surface area (Å²) < 4.78 is 60.1. The number of nitrogens with zero attached hydrogens (tertiary/aromatic N) is 3. The molecule has 1 fully saturated rings. The molecule has 2 aliphatic carbocycles. The molecule has 0 saturated heterocycles. The molecule has 50 heavy (non-hydrogen) atoms. The molecule has 16 heteroatoms. The SMILES string of the molecule is CC(=O)OC(CC(=O)OCCO[C@H]1CC[C@H](Nc2cc(-n3nc(C(F)(F)F)c4c3CC(C)(C)CC4=O)ccc2C(N)=O)CC1)C[N+](C)(C)C.[Cl-]. The molecule has 0 bridgehead atoms. The number of alkyl halides is 3. The van der Waals surface area contributed by atoms with Crippen molar-refractivity contribution in [3.63, 3.8) is 0 Å². The number of quaternary nitrogens is 1. The van der Waals surface area contributed by atoms with Crippen LogP contribution >= 0.6 is 0 Å². The molecule has 1 aromatic heterocycles. The molecule has 2 aromatic rings. The van der Waals surface area contributed by atoms with Crippen LogP contribution in [0.5, 0.6) is 0 Å². The number of ketones is 1. The number of ether oxygens (including phenoxy) is 3. The number of esters is 2. The average Bonchev–Trinajstić information content (AvgIpc) is 3.34. The quantitative estimate of drug-likeness (QED) is 0.177. The van der Waals surface area contributed by atoms with Crippen molar-refractivity contribution in [3.8, 4) is 5.69 Å². The number of Topliss-reactive ketones (excluding diaryl/α,β-unsaturated/α-hetero) is 1. The number of halogens is 4. The van der Waals surface area contributed by atoms with Gasteiger partial charge in [0.15, 0.2) is 17.6 Å². The molecule has 12 nitrogen and oxygen atoms in total. The van der Waals surface area contributed by atoms with E-state index in [0.717, 1.165) is 4.68 Å². The number of nitrogens with one attached hydrogen (secondary N) is 1. The van der Waals surface area contributed by atoms with E-state index in [2.05, 4.69) is 10.4 Å². The normalized spacial score (nSPS) is 19.5. The van der Waals surface area contributed by atoms with Gasteiger partial charge in [-0.15, -0.1) is 0 Å². The van der Waals surface area contributed by atoms with Crippen molar-refractivity contribution >= 4 is 29.3 Å². The third kappa shape index (κ3) is 10.9. The number of rotatable bonds is 13. The maximum Gasteiger partial charge on any atom is 0.435 e. The number of primary amides is 1. The summed E-state index contributed by atoms with van der Waals surface area (Å²) in [5, 5.41) is 7.21. The summed E-state index contributed by atoms with van der Waals surface area (Å²) in [5.41, 5.74) is 4.47. The number of carbonyl (C=O) groups excluding carboxylic acids is 4. The highest BCUT2D eigenvalue weighted by Gasteiger charge is 2.45. The number of hydrogen-bond donors (Lipinski definition) is 2. The van der Waals surface area contributed by atoms with Gasteiger partial charge in [0.1, 0.15) is 13.2 Å². The standard InChI is InChI=1S/C34H46F3N5O7.ClH/c1-20(43)49-24(19-42(4,5)6)16-29(45)48-14-13-47-23-10-7-21(8-11-23)39-26-15-22(9-12-25(26)32(38)46)41-27-17-33(2,3)18-28(44)30(27)31(40-41)34(35,36)37;/h9,12,15,21,23-24H,7-8,10-11,13-14,16-19H2,1-6H3,(H2-,38,39,46);1H/t21-,23-,24?;. The van der Waals surface area contributed by atoms with Crippen LogP contribution in [0.15, 0.2) is 18.2 Å². The summed E-state index contributed by atoms with van der Waals surface area (Å²) in [6.07, 6.45) is -2.67. The maximum absolute atomic E-state index is 14.0. The average molecular weight is 730 g/mol. The van der Waals surface area contributed by atoms with E-state index in [1.807, 2.05) is 35.0 Å². The Bertz CT molecular complexity index is 1560. The Hall–Kier alpha value is -3.69. The molecule has 1 aromatic carbocycles. The summed E-state index contributed by atoms with van der Waals surface area (Å²) in [5.74, 6) is -2.25. The molecule has 1 unspecified atom stereocenters. The van der Waals surface area contributed by atoms with Gasteiger partial charge in [-0.2, -0.15) is 18.3 Å². The number of likely N-dealkylation sites (N-methyl/N-ethyl adjacent to an activating group) is 1. The number of amides is 1. The van der Waals surface area contributed by atoms with Crippen molar-refractivity contribution in [1.82, 2.24) is 9.78 Å². The van der Waals surface area contributed by atoms with Gasteiger partial charge < -0.3 is 42.2 Å². The first-order valence-corrected chi connectivity index (χ1v) is 16.4. The van der Waals surface area contributed by atoms with E-state index in [1.165, 1.54) is 19.1 Å². The topological polar surface area (TPSA) is 152 Å². The zero-order valence-corrected chi connectivity index (χ0v) is 30.1. The van der Waals surface area contributed by atoms with Gasteiger partial charge in [-0.1, -0.05) is 13.8 Å². The van der Waals surface area contributed by atoms with Crippen molar-refractivity contribution in [3.05, 3.63) is 40.7 Å². The minimum atomic E-state index is -4.82. The highest BCUT2D eigenvalue weighted by molar-refractivity contribution is 6.00. The number of hydrogen-bond acceptors (Lipinski definition) is 9. The van der Waals surface area contributed by atoms with Crippen LogP contribution in [0, 0.1) is 5.41 Å². The fourth-order valence-electron chi connectivity index (χ4n) is 6.56. The predicted octanol–water partition coefficient (Wildman–Crippen LogP) is 1.46. The van der Waals surface area contributed by atoms with Crippen LogP contribution in [0.1, 0.15) is 91.4 Å². The Kier molecular flexibility index (Phi) is 13.1. The van der Waals surface area contributed by atoms with E-state index in [4.69, 9.17) is 19.9 Å². The first kappa shape index (κ1) is 40.7. The van der Waals surface area contributed by atoms with Crippen LogP contribution in [0.4, 0.5) is 18.9 Å². The lowest BCUT2D eigenvalue weighted by Crippen LogP contribution is -3.00. The number of nitrogens with two attached hydrogens (primary N) is 1. The summed E-state index contributed by atoms with van der Waals surface area (Å²) in [7, 11) is 5.80. The lowest BCUT2D eigenvalue weighted by atomic mass is 9.75. The first-order chi connectivity index (χ1) is 22.7. The molecule has 4 rings (SSSR count). The van der Waals surface area contributed by atoms with Gasteiger partial charge in [0.05, 0.1) is 62.8 Å². The Labute approximate surface area is 296 Å². The molecule has 0 spiro atoms. The fraction of sp³-hybridized carbons (Fsp3) is 0.618. The molecule has 3 N–H and O–H groups in total. The van der Waals surface area contributed by atoms with Gasteiger partial charge in [-0.3, -0.25) is 19.2 Å². The van der Waals surface area contributed by atoms with Crippen molar-refractivity contribution in [2.45, 2.75) is 90.1 Å². The largest absolute Gasteiger partial charge is 1.00 e. The highest BCUT2D eigenvalue weighted by Crippen LogP contribution is 2.42. The van der Waals surface area contributed by atoms with Crippen molar-refractivity contribution in [2.75, 3.05) is 46.2 Å². The Balaban J connectivity index is 0.00000676. The third-order valence-corrected chi connectivity index (χ3v) is 8.54. The van der Waals surface area contributed by atoms with Crippen LogP contribution in [-0.2, 0) is 36.4 Å². The molecule has 2 aliphatic rings. The number of aromatic nitrogens is 2. The van der Waals surface area contributed by atoms with E-state index >= 15 is 0 Å².